The van der Waals surface area contributed by atoms with Gasteiger partial charge in [-0.1, -0.05) is 83.9 Å². The molecule has 4 rings (SSSR count). The number of hydrogen-bond acceptors (Lipinski definition) is 5. The maximum absolute atomic E-state index is 12.6. The van der Waals surface area contributed by atoms with Crippen molar-refractivity contribution in [2.45, 2.75) is 23.8 Å². The largest absolute Gasteiger partial charge is 0.391 e. The number of hydrogen-bond donors (Lipinski definition) is 1. The Morgan fingerprint density at radius 2 is 1.72 bits per heavy atom. The molecule has 1 heterocycles. The number of aromatic nitrogens is 1. The van der Waals surface area contributed by atoms with Gasteiger partial charge in [0.25, 0.3) is 0 Å². The average Bonchev–Trinajstić information content (AvgIpc) is 2.89. The number of nitrogens with zero attached hydrogens (tertiary/aromatic N) is 2. The van der Waals surface area contributed by atoms with Gasteiger partial charge in [0, 0.05) is 38.5 Å². The minimum absolute atomic E-state index is 0.140. The van der Waals surface area contributed by atoms with E-state index in [0.29, 0.717) is 21.4 Å². The lowest BCUT2D eigenvalue weighted by molar-refractivity contribution is 0.224. The molecule has 0 aliphatic heterocycles. The molecule has 4 aromatic rings. The molecule has 182 valence electrons. The van der Waals surface area contributed by atoms with Gasteiger partial charge in [0.1, 0.15) is 11.1 Å². The summed E-state index contributed by atoms with van der Waals surface area (Å²) < 4.78 is 12.6. The second-order valence-corrected chi connectivity index (χ2v) is 11.4. The van der Waals surface area contributed by atoms with E-state index in [1.807, 2.05) is 79.7 Å². The van der Waals surface area contributed by atoms with Crippen LogP contribution < -0.4 is 0 Å². The summed E-state index contributed by atoms with van der Waals surface area (Å²) in [5.74, 6) is 0.766. The third-order valence-corrected chi connectivity index (χ3v) is 8.35. The van der Waals surface area contributed by atoms with Gasteiger partial charge in [-0.25, -0.2) is 4.98 Å². The van der Waals surface area contributed by atoms with Gasteiger partial charge in [0.2, 0.25) is 0 Å². The zero-order chi connectivity index (χ0) is 25.5. The van der Waals surface area contributed by atoms with Crippen LogP contribution in [0.15, 0.2) is 90.0 Å². The van der Waals surface area contributed by atoms with E-state index < -0.39 is 16.9 Å². The topological polar surface area (TPSA) is 74.0 Å². The van der Waals surface area contributed by atoms with E-state index >= 15 is 0 Å². The number of benzene rings is 3. The fourth-order valence-corrected chi connectivity index (χ4v) is 6.15. The minimum Gasteiger partial charge on any atom is -0.391 e. The Hall–Kier alpha value is -2.95. The summed E-state index contributed by atoms with van der Waals surface area (Å²) in [7, 11) is -1.24. The van der Waals surface area contributed by atoms with Crippen LogP contribution in [0.2, 0.25) is 5.02 Å². The van der Waals surface area contributed by atoms with Gasteiger partial charge in [0.05, 0.1) is 23.1 Å². The van der Waals surface area contributed by atoms with Crippen LogP contribution in [-0.4, -0.2) is 31.9 Å². The summed E-state index contributed by atoms with van der Waals surface area (Å²) in [6.07, 6.45) is -0.806. The van der Waals surface area contributed by atoms with Crippen LogP contribution in [0.25, 0.3) is 22.4 Å². The van der Waals surface area contributed by atoms with Gasteiger partial charge in [0.15, 0.2) is 0 Å². The summed E-state index contributed by atoms with van der Waals surface area (Å²) in [6, 6.07) is 29.3. The molecule has 0 saturated heterocycles. The van der Waals surface area contributed by atoms with Gasteiger partial charge < -0.3 is 5.11 Å². The van der Waals surface area contributed by atoms with Crippen molar-refractivity contribution in [3.05, 3.63) is 107 Å². The van der Waals surface area contributed by atoms with Gasteiger partial charge in [-0.05, 0) is 36.2 Å². The zero-order valence-electron chi connectivity index (χ0n) is 19.7. The Balaban J connectivity index is 1.56. The molecular formula is C29H25ClN2O2S2. The van der Waals surface area contributed by atoms with Crippen molar-refractivity contribution < 1.29 is 9.32 Å². The first-order valence-corrected chi connectivity index (χ1v) is 14.3. The molecule has 4 nitrogen and oxygen atoms in total. The molecule has 0 aliphatic carbocycles. The monoisotopic (exact) mass is 532 g/mol. The molecule has 3 aromatic carbocycles. The molecule has 1 aromatic heterocycles. The maximum Gasteiger partial charge on any atom is 0.115 e. The van der Waals surface area contributed by atoms with Crippen LogP contribution in [0.1, 0.15) is 16.7 Å². The fraction of sp³-hybridized carbons (Fsp3) is 0.172. The van der Waals surface area contributed by atoms with Crippen molar-refractivity contribution in [3.8, 4) is 28.5 Å². The summed E-state index contributed by atoms with van der Waals surface area (Å²) in [5, 5.41) is 21.8. The van der Waals surface area contributed by atoms with Crippen LogP contribution >= 0.6 is 23.4 Å². The third-order valence-electron chi connectivity index (χ3n) is 5.56. The first-order valence-electron chi connectivity index (χ1n) is 11.4. The molecule has 7 heteroatoms. The Kier molecular flexibility index (Phi) is 8.95. The summed E-state index contributed by atoms with van der Waals surface area (Å²) in [6.45, 7) is 2.03. The van der Waals surface area contributed by atoms with E-state index in [2.05, 4.69) is 6.07 Å². The van der Waals surface area contributed by atoms with E-state index in [1.165, 1.54) is 11.8 Å². The number of rotatable bonds is 9. The first kappa shape index (κ1) is 26.1. The first-order chi connectivity index (χ1) is 17.4. The van der Waals surface area contributed by atoms with Crippen LogP contribution in [0.5, 0.6) is 0 Å². The predicted molar refractivity (Wildman–Crippen MR) is 149 cm³/mol. The molecule has 0 aliphatic rings. The molecule has 2 atom stereocenters. The average molecular weight is 533 g/mol. The molecule has 0 amide bonds. The summed E-state index contributed by atoms with van der Waals surface area (Å²) >= 11 is 7.23. The SMILES string of the molecule is Cc1ccc(-c2cc(-c3ccccc3)c(C#N)c(SCC(O)CS(=O)Cc3ccc(Cl)cc3)n2)cc1. The summed E-state index contributed by atoms with van der Waals surface area (Å²) in [5.41, 5.74) is 5.97. The minimum atomic E-state index is -1.24. The van der Waals surface area contributed by atoms with Crippen LogP contribution in [0.4, 0.5) is 0 Å². The lowest BCUT2D eigenvalue weighted by Gasteiger charge is -2.14. The summed E-state index contributed by atoms with van der Waals surface area (Å²) in [4.78, 5) is 4.80. The Morgan fingerprint density at radius 3 is 2.39 bits per heavy atom. The van der Waals surface area contributed by atoms with Gasteiger partial charge in [-0.2, -0.15) is 5.26 Å². The highest BCUT2D eigenvalue weighted by Gasteiger charge is 2.18. The van der Waals surface area contributed by atoms with Crippen LogP contribution in [-0.2, 0) is 16.6 Å². The molecular weight excluding hydrogens is 508 g/mol. The number of halogens is 1. The van der Waals surface area contributed by atoms with Gasteiger partial charge >= 0.3 is 0 Å². The molecule has 0 saturated carbocycles. The van der Waals surface area contributed by atoms with Crippen molar-refractivity contribution in [2.24, 2.45) is 0 Å². The van der Waals surface area contributed by atoms with Crippen molar-refractivity contribution >= 4 is 34.2 Å². The Bertz CT molecular complexity index is 1390. The van der Waals surface area contributed by atoms with Crippen molar-refractivity contribution in [2.75, 3.05) is 11.5 Å². The lowest BCUT2D eigenvalue weighted by atomic mass is 9.99. The van der Waals surface area contributed by atoms with Gasteiger partial charge in [-0.15, -0.1) is 11.8 Å². The number of aryl methyl sites for hydroxylation is 1. The van der Waals surface area contributed by atoms with Crippen molar-refractivity contribution in [1.82, 2.24) is 4.98 Å². The zero-order valence-corrected chi connectivity index (χ0v) is 22.1. The van der Waals surface area contributed by atoms with Gasteiger partial charge in [-0.3, -0.25) is 4.21 Å². The number of aliphatic hydroxyl groups excluding tert-OH is 1. The molecule has 0 bridgehead atoms. The standard InChI is InChI=1S/C29H25ClN2O2S2/c1-20-7-11-23(12-8-20)28-15-26(22-5-3-2-4-6-22)27(16-31)29(32-28)35-17-25(33)19-36(34)18-21-9-13-24(30)14-10-21/h2-15,25,33H,17-19H2,1H3. The molecule has 0 fully saturated rings. The second kappa shape index (κ2) is 12.3. The third kappa shape index (κ3) is 6.83. The molecule has 2 unspecified atom stereocenters. The van der Waals surface area contributed by atoms with Crippen LogP contribution in [0.3, 0.4) is 0 Å². The number of pyridine rings is 1. The highest BCUT2D eigenvalue weighted by atomic mass is 35.5. The lowest BCUT2D eigenvalue weighted by Crippen LogP contribution is -2.20. The van der Waals surface area contributed by atoms with E-state index in [1.54, 1.807) is 12.1 Å². The fourth-order valence-electron chi connectivity index (χ4n) is 3.72. The molecule has 0 spiro atoms. The highest BCUT2D eigenvalue weighted by Crippen LogP contribution is 2.34. The predicted octanol–water partition coefficient (Wildman–Crippen LogP) is 6.65. The molecule has 36 heavy (non-hydrogen) atoms. The number of nitriles is 1. The number of thioether (sulfide) groups is 1. The maximum atomic E-state index is 12.6. The second-order valence-electron chi connectivity index (χ2n) is 8.42. The van der Waals surface area contributed by atoms with E-state index in [4.69, 9.17) is 16.6 Å². The normalized spacial score (nSPS) is 12.6. The Labute approximate surface area is 223 Å². The molecule has 1 N–H and O–H groups in total. The van der Waals surface area contributed by atoms with Crippen molar-refractivity contribution in [3.63, 3.8) is 0 Å². The number of aliphatic hydroxyl groups is 1. The van der Waals surface area contributed by atoms with Crippen molar-refractivity contribution in [1.29, 1.82) is 5.26 Å². The van der Waals surface area contributed by atoms with E-state index in [0.717, 1.165) is 33.5 Å². The quantitative estimate of drug-likeness (QED) is 0.244. The van der Waals surface area contributed by atoms with E-state index in [-0.39, 0.29) is 11.5 Å². The van der Waals surface area contributed by atoms with Crippen LogP contribution in [0, 0.1) is 18.3 Å². The highest BCUT2D eigenvalue weighted by molar-refractivity contribution is 7.99. The van der Waals surface area contributed by atoms with E-state index in [9.17, 15) is 14.6 Å². The molecule has 0 radical (unpaired) electrons. The smallest absolute Gasteiger partial charge is 0.115 e. The Morgan fingerprint density at radius 1 is 1.03 bits per heavy atom.